The highest BCUT2D eigenvalue weighted by molar-refractivity contribution is 7.88. The van der Waals surface area contributed by atoms with Gasteiger partial charge in [-0.05, 0) is 31.0 Å². The van der Waals surface area contributed by atoms with E-state index in [1.54, 1.807) is 12.1 Å². The van der Waals surface area contributed by atoms with Crippen molar-refractivity contribution >= 4 is 27.3 Å². The van der Waals surface area contributed by atoms with Crippen LogP contribution in [0.5, 0.6) is 0 Å². The molecule has 7 heteroatoms. The number of sulfonamides is 1. The van der Waals surface area contributed by atoms with Crippen molar-refractivity contribution in [2.75, 3.05) is 24.2 Å². The number of nitrogens with zero attached hydrogens (tertiary/aromatic N) is 2. The standard InChI is InChI=1S/C13H16ClN3O2S/c1-20(18,19)16-12-3-2-6-17(9-12)13-5-4-11(14)7-10(13)8-15/h4-5,7,12,16H,2-3,6,9H2,1H3/t12-/m0/s1. The van der Waals surface area contributed by atoms with Gasteiger partial charge in [0.25, 0.3) is 0 Å². The normalized spacial score (nSPS) is 19.6. The molecule has 0 bridgehead atoms. The maximum atomic E-state index is 11.3. The molecule has 1 aromatic rings. The third kappa shape index (κ3) is 3.85. The van der Waals surface area contributed by atoms with Crippen LogP contribution >= 0.6 is 11.6 Å². The van der Waals surface area contributed by atoms with Gasteiger partial charge in [0.1, 0.15) is 6.07 Å². The van der Waals surface area contributed by atoms with Crippen LogP contribution in [0.4, 0.5) is 5.69 Å². The van der Waals surface area contributed by atoms with Gasteiger partial charge in [-0.2, -0.15) is 5.26 Å². The van der Waals surface area contributed by atoms with E-state index in [0.717, 1.165) is 31.3 Å². The summed E-state index contributed by atoms with van der Waals surface area (Å²) in [5, 5.41) is 9.70. The fourth-order valence-electron chi connectivity index (χ4n) is 2.47. The molecule has 0 spiro atoms. The second-order valence-corrected chi connectivity index (χ2v) is 7.16. The largest absolute Gasteiger partial charge is 0.369 e. The third-order valence-electron chi connectivity index (χ3n) is 3.22. The molecular formula is C13H16ClN3O2S. The lowest BCUT2D eigenvalue weighted by molar-refractivity contribution is 0.467. The van der Waals surface area contributed by atoms with Gasteiger partial charge in [0.15, 0.2) is 0 Å². The van der Waals surface area contributed by atoms with Gasteiger partial charge in [-0.15, -0.1) is 0 Å². The molecule has 1 heterocycles. The minimum atomic E-state index is -3.21. The molecule has 0 aliphatic carbocycles. The predicted octanol–water partition coefficient (Wildman–Crippen LogP) is 1.73. The molecule has 108 valence electrons. The summed E-state index contributed by atoms with van der Waals surface area (Å²) in [6.45, 7) is 1.36. The molecule has 20 heavy (non-hydrogen) atoms. The summed E-state index contributed by atoms with van der Waals surface area (Å²) in [5.41, 5.74) is 1.31. The van der Waals surface area contributed by atoms with Crippen molar-refractivity contribution in [3.8, 4) is 6.07 Å². The topological polar surface area (TPSA) is 73.2 Å². The Morgan fingerprint density at radius 1 is 1.50 bits per heavy atom. The monoisotopic (exact) mass is 313 g/mol. The Bertz CT molecular complexity index is 640. The van der Waals surface area contributed by atoms with Crippen LogP contribution in [-0.2, 0) is 10.0 Å². The molecule has 1 aliphatic rings. The van der Waals surface area contributed by atoms with Gasteiger partial charge >= 0.3 is 0 Å². The molecule has 0 unspecified atom stereocenters. The van der Waals surface area contributed by atoms with Crippen LogP contribution in [-0.4, -0.2) is 33.8 Å². The zero-order chi connectivity index (χ0) is 14.8. The van der Waals surface area contributed by atoms with E-state index >= 15 is 0 Å². The van der Waals surface area contributed by atoms with E-state index in [-0.39, 0.29) is 6.04 Å². The molecule has 1 fully saturated rings. The average Bonchev–Trinajstić information content (AvgIpc) is 2.36. The van der Waals surface area contributed by atoms with E-state index in [2.05, 4.69) is 10.8 Å². The summed E-state index contributed by atoms with van der Waals surface area (Å²) in [7, 11) is -3.21. The maximum Gasteiger partial charge on any atom is 0.209 e. The van der Waals surface area contributed by atoms with Crippen molar-refractivity contribution in [2.45, 2.75) is 18.9 Å². The first-order chi connectivity index (χ1) is 9.39. The molecule has 1 aliphatic heterocycles. The number of hydrogen-bond acceptors (Lipinski definition) is 4. The van der Waals surface area contributed by atoms with E-state index in [1.807, 2.05) is 11.0 Å². The Morgan fingerprint density at radius 3 is 2.90 bits per heavy atom. The first kappa shape index (κ1) is 15.1. The summed E-state index contributed by atoms with van der Waals surface area (Å²) in [6.07, 6.45) is 2.84. The fraction of sp³-hybridized carbons (Fsp3) is 0.462. The van der Waals surface area contributed by atoms with Crippen molar-refractivity contribution in [3.63, 3.8) is 0 Å². The van der Waals surface area contributed by atoms with Gasteiger partial charge < -0.3 is 4.90 Å². The van der Waals surface area contributed by atoms with Crippen LogP contribution < -0.4 is 9.62 Å². The van der Waals surface area contributed by atoms with Crippen molar-refractivity contribution in [3.05, 3.63) is 28.8 Å². The number of hydrogen-bond donors (Lipinski definition) is 1. The highest BCUT2D eigenvalue weighted by atomic mass is 35.5. The van der Waals surface area contributed by atoms with Crippen molar-refractivity contribution in [2.24, 2.45) is 0 Å². The Labute approximate surface area is 124 Å². The number of benzene rings is 1. The SMILES string of the molecule is CS(=O)(=O)N[C@H]1CCCN(c2ccc(Cl)cc2C#N)C1. The summed E-state index contributed by atoms with van der Waals surface area (Å²) < 4.78 is 25.3. The lowest BCUT2D eigenvalue weighted by Crippen LogP contribution is -2.47. The third-order valence-corrected chi connectivity index (χ3v) is 4.22. The first-order valence-corrected chi connectivity index (χ1v) is 8.58. The quantitative estimate of drug-likeness (QED) is 0.922. The molecule has 1 saturated heterocycles. The number of piperidine rings is 1. The van der Waals surface area contributed by atoms with Crippen LogP contribution in [0.1, 0.15) is 18.4 Å². The summed E-state index contributed by atoms with van der Waals surface area (Å²) in [5.74, 6) is 0. The summed E-state index contributed by atoms with van der Waals surface area (Å²) >= 11 is 5.89. The van der Waals surface area contributed by atoms with E-state index in [1.165, 1.54) is 0 Å². The second-order valence-electron chi connectivity index (χ2n) is 4.95. The molecule has 0 radical (unpaired) electrons. The lowest BCUT2D eigenvalue weighted by Gasteiger charge is -2.34. The van der Waals surface area contributed by atoms with Crippen LogP contribution in [0.2, 0.25) is 5.02 Å². The molecule has 1 N–H and O–H groups in total. The number of nitrogens with one attached hydrogen (secondary N) is 1. The zero-order valence-electron chi connectivity index (χ0n) is 11.1. The van der Waals surface area contributed by atoms with Gasteiger partial charge in [0.05, 0.1) is 17.5 Å². The van der Waals surface area contributed by atoms with Crippen LogP contribution in [0.25, 0.3) is 0 Å². The second kappa shape index (κ2) is 6.00. The summed E-state index contributed by atoms with van der Waals surface area (Å²) in [4.78, 5) is 2.03. The smallest absolute Gasteiger partial charge is 0.209 e. The number of nitriles is 1. The number of rotatable bonds is 3. The molecule has 2 rings (SSSR count). The first-order valence-electron chi connectivity index (χ1n) is 6.31. The minimum Gasteiger partial charge on any atom is -0.369 e. The molecule has 1 aromatic carbocycles. The highest BCUT2D eigenvalue weighted by Crippen LogP contribution is 2.26. The van der Waals surface area contributed by atoms with Crippen LogP contribution in [0.3, 0.4) is 0 Å². The van der Waals surface area contributed by atoms with E-state index in [0.29, 0.717) is 17.1 Å². The van der Waals surface area contributed by atoms with Gasteiger partial charge in [-0.25, -0.2) is 13.1 Å². The molecule has 0 saturated carbocycles. The number of anilines is 1. The Morgan fingerprint density at radius 2 is 2.25 bits per heavy atom. The highest BCUT2D eigenvalue weighted by Gasteiger charge is 2.23. The van der Waals surface area contributed by atoms with Gasteiger partial charge in [0, 0.05) is 24.2 Å². The van der Waals surface area contributed by atoms with Crippen molar-refractivity contribution < 1.29 is 8.42 Å². The Balaban J connectivity index is 2.19. The fourth-order valence-corrected chi connectivity index (χ4v) is 3.44. The minimum absolute atomic E-state index is 0.124. The molecule has 5 nitrogen and oxygen atoms in total. The van der Waals surface area contributed by atoms with Gasteiger partial charge in [-0.1, -0.05) is 11.6 Å². The molecular weight excluding hydrogens is 298 g/mol. The zero-order valence-corrected chi connectivity index (χ0v) is 12.7. The lowest BCUT2D eigenvalue weighted by atomic mass is 10.0. The molecule has 0 aromatic heterocycles. The van der Waals surface area contributed by atoms with E-state index < -0.39 is 10.0 Å². The van der Waals surface area contributed by atoms with E-state index in [9.17, 15) is 13.7 Å². The molecule has 1 atom stereocenters. The van der Waals surface area contributed by atoms with Crippen LogP contribution in [0, 0.1) is 11.3 Å². The maximum absolute atomic E-state index is 11.3. The van der Waals surface area contributed by atoms with Crippen LogP contribution in [0.15, 0.2) is 18.2 Å². The van der Waals surface area contributed by atoms with Crippen molar-refractivity contribution in [1.82, 2.24) is 4.72 Å². The van der Waals surface area contributed by atoms with Gasteiger partial charge in [-0.3, -0.25) is 0 Å². The summed E-state index contributed by atoms with van der Waals surface area (Å²) in [6, 6.07) is 7.19. The Hall–Kier alpha value is -1.29. The van der Waals surface area contributed by atoms with Gasteiger partial charge in [0.2, 0.25) is 10.0 Å². The number of halogens is 1. The predicted molar refractivity (Wildman–Crippen MR) is 79.4 cm³/mol. The van der Waals surface area contributed by atoms with E-state index in [4.69, 9.17) is 11.6 Å². The molecule has 0 amide bonds. The Kier molecular flexibility index (Phi) is 4.53. The van der Waals surface area contributed by atoms with Crippen molar-refractivity contribution in [1.29, 1.82) is 5.26 Å². The average molecular weight is 314 g/mol.